The molecule has 0 aliphatic carbocycles. The van der Waals surface area contributed by atoms with E-state index in [0.29, 0.717) is 6.42 Å². The molecule has 0 saturated carbocycles. The number of benzene rings is 1. The third-order valence-electron chi connectivity index (χ3n) is 3.83. The SMILES string of the molecule is CC(=O)O[C@H]1C(C)O[C@@H](C)C[C@@H]1NS(=O)(=O)c1ccc(C)cc1. The second-order valence-corrected chi connectivity index (χ2v) is 7.72. The van der Waals surface area contributed by atoms with Gasteiger partial charge in [-0.25, -0.2) is 13.1 Å². The van der Waals surface area contributed by atoms with Crippen molar-refractivity contribution in [3.8, 4) is 0 Å². The highest BCUT2D eigenvalue weighted by Gasteiger charge is 2.39. The zero-order chi connectivity index (χ0) is 17.2. The number of ether oxygens (including phenoxy) is 2. The van der Waals surface area contributed by atoms with Gasteiger partial charge in [0.1, 0.15) is 6.10 Å². The van der Waals surface area contributed by atoms with Gasteiger partial charge in [-0.15, -0.1) is 0 Å². The van der Waals surface area contributed by atoms with Crippen LogP contribution in [0.15, 0.2) is 29.2 Å². The van der Waals surface area contributed by atoms with E-state index >= 15 is 0 Å². The van der Waals surface area contributed by atoms with E-state index in [1.165, 1.54) is 6.92 Å². The molecule has 0 bridgehead atoms. The molecule has 23 heavy (non-hydrogen) atoms. The van der Waals surface area contributed by atoms with Crippen molar-refractivity contribution in [2.24, 2.45) is 0 Å². The first-order valence-electron chi connectivity index (χ1n) is 7.60. The zero-order valence-electron chi connectivity index (χ0n) is 13.8. The second kappa shape index (κ2) is 6.98. The minimum Gasteiger partial charge on any atom is -0.458 e. The van der Waals surface area contributed by atoms with E-state index in [4.69, 9.17) is 9.47 Å². The second-order valence-electron chi connectivity index (χ2n) is 6.00. The van der Waals surface area contributed by atoms with Crippen molar-refractivity contribution in [3.05, 3.63) is 29.8 Å². The van der Waals surface area contributed by atoms with Gasteiger partial charge in [0.25, 0.3) is 0 Å². The van der Waals surface area contributed by atoms with Crippen LogP contribution >= 0.6 is 0 Å². The summed E-state index contributed by atoms with van der Waals surface area (Å²) < 4.78 is 38.7. The van der Waals surface area contributed by atoms with Crippen molar-refractivity contribution >= 4 is 16.0 Å². The van der Waals surface area contributed by atoms with Crippen molar-refractivity contribution in [3.63, 3.8) is 0 Å². The molecule has 4 atom stereocenters. The maximum atomic E-state index is 12.6. The number of nitrogens with one attached hydrogen (secondary N) is 1. The maximum Gasteiger partial charge on any atom is 0.303 e. The molecule has 1 saturated heterocycles. The fraction of sp³-hybridized carbons (Fsp3) is 0.562. The van der Waals surface area contributed by atoms with Gasteiger partial charge in [0.2, 0.25) is 10.0 Å². The van der Waals surface area contributed by atoms with Gasteiger partial charge >= 0.3 is 5.97 Å². The average molecular weight is 341 g/mol. The van der Waals surface area contributed by atoms with Crippen LogP contribution in [-0.2, 0) is 24.3 Å². The predicted octanol–water partition coefficient (Wildman–Crippen LogP) is 1.77. The van der Waals surface area contributed by atoms with Crippen LogP contribution in [0.2, 0.25) is 0 Å². The van der Waals surface area contributed by atoms with Gasteiger partial charge in [0, 0.05) is 6.92 Å². The summed E-state index contributed by atoms with van der Waals surface area (Å²) in [5, 5.41) is 0. The Morgan fingerprint density at radius 2 is 1.87 bits per heavy atom. The molecule has 6 nitrogen and oxygen atoms in total. The summed E-state index contributed by atoms with van der Waals surface area (Å²) in [7, 11) is -3.69. The van der Waals surface area contributed by atoms with Crippen LogP contribution < -0.4 is 4.72 Å². The summed E-state index contributed by atoms with van der Waals surface area (Å²) in [5.74, 6) is -0.459. The van der Waals surface area contributed by atoms with Crippen molar-refractivity contribution in [1.29, 1.82) is 0 Å². The smallest absolute Gasteiger partial charge is 0.303 e. The number of esters is 1. The first-order valence-corrected chi connectivity index (χ1v) is 9.09. The number of hydrogen-bond donors (Lipinski definition) is 1. The Morgan fingerprint density at radius 1 is 1.26 bits per heavy atom. The van der Waals surface area contributed by atoms with Crippen LogP contribution in [0.25, 0.3) is 0 Å². The highest BCUT2D eigenvalue weighted by atomic mass is 32.2. The minimum absolute atomic E-state index is 0.123. The first-order chi connectivity index (χ1) is 10.7. The molecule has 1 heterocycles. The van der Waals surface area contributed by atoms with Gasteiger partial charge in [0.15, 0.2) is 0 Å². The lowest BCUT2D eigenvalue weighted by atomic mass is 9.97. The fourth-order valence-corrected chi connectivity index (χ4v) is 4.05. The molecule has 7 heteroatoms. The fourth-order valence-electron chi connectivity index (χ4n) is 2.79. The molecule has 1 unspecified atom stereocenters. The summed E-state index contributed by atoms with van der Waals surface area (Å²) in [6.07, 6.45) is -0.715. The van der Waals surface area contributed by atoms with Crippen molar-refractivity contribution < 1.29 is 22.7 Å². The number of carbonyl (C=O) groups excluding carboxylic acids is 1. The van der Waals surface area contributed by atoms with Crippen molar-refractivity contribution in [2.75, 3.05) is 0 Å². The number of rotatable bonds is 4. The van der Waals surface area contributed by atoms with E-state index in [2.05, 4.69) is 4.72 Å². The van der Waals surface area contributed by atoms with Crippen molar-refractivity contribution in [2.45, 2.75) is 63.4 Å². The van der Waals surface area contributed by atoms with Gasteiger partial charge in [-0.1, -0.05) is 17.7 Å². The Balaban J connectivity index is 2.22. The van der Waals surface area contributed by atoms with Gasteiger partial charge in [-0.2, -0.15) is 0 Å². The molecule has 0 spiro atoms. The molecule has 0 aromatic heterocycles. The molecule has 1 aromatic rings. The Bertz CT molecular complexity index is 656. The van der Waals surface area contributed by atoms with Crippen LogP contribution in [0.5, 0.6) is 0 Å². The number of carbonyl (C=O) groups is 1. The Kier molecular flexibility index (Phi) is 5.44. The van der Waals surface area contributed by atoms with Crippen LogP contribution in [0.1, 0.15) is 32.8 Å². The molecule has 1 aliphatic heterocycles. The molecule has 1 aromatic carbocycles. The minimum atomic E-state index is -3.69. The largest absolute Gasteiger partial charge is 0.458 e. The normalized spacial score (nSPS) is 28.3. The molecule has 1 N–H and O–H groups in total. The third-order valence-corrected chi connectivity index (χ3v) is 5.34. The van der Waals surface area contributed by atoms with Crippen LogP contribution in [0.4, 0.5) is 0 Å². The predicted molar refractivity (Wildman–Crippen MR) is 85.5 cm³/mol. The molecule has 128 valence electrons. The number of sulfonamides is 1. The van der Waals surface area contributed by atoms with E-state index in [9.17, 15) is 13.2 Å². The summed E-state index contributed by atoms with van der Waals surface area (Å²) in [6, 6.07) is 6.08. The molecule has 2 rings (SSSR count). The van der Waals surface area contributed by atoms with Crippen molar-refractivity contribution in [1.82, 2.24) is 4.72 Å². The molecule has 1 fully saturated rings. The molecule has 1 aliphatic rings. The summed E-state index contributed by atoms with van der Waals surface area (Å²) in [4.78, 5) is 11.5. The van der Waals surface area contributed by atoms with Gasteiger partial charge in [-0.3, -0.25) is 4.79 Å². The highest BCUT2D eigenvalue weighted by Crippen LogP contribution is 2.24. The molecular formula is C16H23NO5S. The van der Waals surface area contributed by atoms with Crippen LogP contribution in [0, 0.1) is 6.92 Å². The maximum absolute atomic E-state index is 12.6. The lowest BCUT2D eigenvalue weighted by Gasteiger charge is -2.38. The Morgan fingerprint density at radius 3 is 2.43 bits per heavy atom. The molecule has 0 radical (unpaired) electrons. The topological polar surface area (TPSA) is 81.7 Å². The quantitative estimate of drug-likeness (QED) is 0.844. The number of aryl methyl sites for hydroxylation is 1. The van der Waals surface area contributed by atoms with Gasteiger partial charge in [-0.05, 0) is 39.3 Å². The first kappa shape index (κ1) is 17.9. The van der Waals surface area contributed by atoms with Gasteiger partial charge in [0.05, 0.1) is 23.1 Å². The van der Waals surface area contributed by atoms with Crippen LogP contribution in [0.3, 0.4) is 0 Å². The monoisotopic (exact) mass is 341 g/mol. The molecular weight excluding hydrogens is 318 g/mol. The van der Waals surface area contributed by atoms with Gasteiger partial charge < -0.3 is 9.47 Å². The van der Waals surface area contributed by atoms with E-state index in [0.717, 1.165) is 5.56 Å². The third kappa shape index (κ3) is 4.53. The van der Waals surface area contributed by atoms with Crippen LogP contribution in [-0.4, -0.2) is 38.7 Å². The lowest BCUT2D eigenvalue weighted by molar-refractivity contribution is -0.169. The standard InChI is InChI=1S/C16H23NO5S/c1-10-5-7-14(8-6-10)23(19,20)17-15-9-11(2)21-12(3)16(15)22-13(4)18/h5-8,11-12,15-17H,9H2,1-4H3/t11-,12?,15-,16-/m0/s1. The summed E-state index contributed by atoms with van der Waals surface area (Å²) >= 11 is 0. The van der Waals surface area contributed by atoms with E-state index in [1.54, 1.807) is 31.2 Å². The van der Waals surface area contributed by atoms with E-state index < -0.39 is 28.1 Å². The Labute approximate surface area is 137 Å². The van der Waals surface area contributed by atoms with E-state index in [-0.39, 0.29) is 17.1 Å². The summed E-state index contributed by atoms with van der Waals surface area (Å²) in [5.41, 5.74) is 0.982. The number of hydrogen-bond acceptors (Lipinski definition) is 5. The average Bonchev–Trinajstić information content (AvgIpc) is 2.42. The summed E-state index contributed by atoms with van der Waals surface area (Å²) in [6.45, 7) is 6.84. The lowest BCUT2D eigenvalue weighted by Crippen LogP contribution is -2.55. The highest BCUT2D eigenvalue weighted by molar-refractivity contribution is 7.89. The Hall–Kier alpha value is -1.44. The van der Waals surface area contributed by atoms with E-state index in [1.807, 2.05) is 13.8 Å². The zero-order valence-corrected chi connectivity index (χ0v) is 14.6. The molecule has 0 amide bonds.